The van der Waals surface area contributed by atoms with E-state index in [4.69, 9.17) is 28.5 Å². The van der Waals surface area contributed by atoms with E-state index in [0.29, 0.717) is 0 Å². The summed E-state index contributed by atoms with van der Waals surface area (Å²) in [5.74, 6) is -3.13. The van der Waals surface area contributed by atoms with Crippen molar-refractivity contribution in [2.24, 2.45) is 0 Å². The number of nitriles is 1. The normalized spacial score (nSPS) is 10.4. The molecule has 0 spiro atoms. The first-order valence-corrected chi connectivity index (χ1v) is 8.37. The van der Waals surface area contributed by atoms with Gasteiger partial charge in [-0.3, -0.25) is 4.79 Å². The second-order valence-electron chi connectivity index (χ2n) is 5.56. The summed E-state index contributed by atoms with van der Waals surface area (Å²) in [7, 11) is 0. The maximum Gasteiger partial charge on any atom is 0.257 e. The van der Waals surface area contributed by atoms with Gasteiger partial charge in [0.25, 0.3) is 5.91 Å². The van der Waals surface area contributed by atoms with Gasteiger partial charge < -0.3 is 5.32 Å². The number of amides is 1. The van der Waals surface area contributed by atoms with Crippen LogP contribution in [-0.4, -0.2) is 10.9 Å². The van der Waals surface area contributed by atoms with Gasteiger partial charge in [-0.1, -0.05) is 23.2 Å². The quantitative estimate of drug-likeness (QED) is 0.598. The zero-order valence-corrected chi connectivity index (χ0v) is 15.2. The standard InChI is InChI=1S/C19H8Cl2F3N3O/c20-14-3-9(22)1-2-11(14)12-5-15(21)13(6-16(12)23)19(28)27-10-4-17(24)18(7-25)26-8-10/h1-6,8H,(H,27,28). The molecule has 0 aliphatic rings. The fourth-order valence-corrected chi connectivity index (χ4v) is 2.94. The van der Waals surface area contributed by atoms with Crippen LogP contribution in [-0.2, 0) is 0 Å². The average molecular weight is 422 g/mol. The molecule has 0 aliphatic heterocycles. The van der Waals surface area contributed by atoms with Crippen LogP contribution >= 0.6 is 23.2 Å². The Balaban J connectivity index is 1.93. The summed E-state index contributed by atoms with van der Waals surface area (Å²) in [5.41, 5.74) is -0.498. The maximum absolute atomic E-state index is 14.6. The van der Waals surface area contributed by atoms with Crippen LogP contribution < -0.4 is 5.32 Å². The van der Waals surface area contributed by atoms with E-state index >= 15 is 0 Å². The van der Waals surface area contributed by atoms with Crippen molar-refractivity contribution in [1.29, 1.82) is 5.26 Å². The number of nitrogens with zero attached hydrogens (tertiary/aromatic N) is 2. The zero-order valence-electron chi connectivity index (χ0n) is 13.7. The number of halogens is 5. The van der Waals surface area contributed by atoms with Crippen LogP contribution in [0.4, 0.5) is 18.9 Å². The van der Waals surface area contributed by atoms with Crippen LogP contribution in [0, 0.1) is 28.8 Å². The molecule has 1 N–H and O–H groups in total. The van der Waals surface area contributed by atoms with Gasteiger partial charge in [0.15, 0.2) is 11.5 Å². The van der Waals surface area contributed by atoms with E-state index in [9.17, 15) is 18.0 Å². The summed E-state index contributed by atoms with van der Waals surface area (Å²) in [6, 6.07) is 7.95. The molecule has 0 radical (unpaired) electrons. The van der Waals surface area contributed by atoms with Gasteiger partial charge in [0.05, 0.1) is 27.5 Å². The predicted molar refractivity (Wildman–Crippen MR) is 98.7 cm³/mol. The molecule has 1 amide bonds. The van der Waals surface area contributed by atoms with Crippen molar-refractivity contribution in [3.05, 3.63) is 81.3 Å². The van der Waals surface area contributed by atoms with Crippen LogP contribution in [0.3, 0.4) is 0 Å². The van der Waals surface area contributed by atoms with E-state index < -0.39 is 29.1 Å². The largest absolute Gasteiger partial charge is 0.320 e. The van der Waals surface area contributed by atoms with Crippen LogP contribution in [0.5, 0.6) is 0 Å². The minimum atomic E-state index is -0.918. The molecule has 0 saturated carbocycles. The third kappa shape index (κ3) is 3.93. The number of anilines is 1. The monoisotopic (exact) mass is 421 g/mol. The van der Waals surface area contributed by atoms with Gasteiger partial charge in [0.1, 0.15) is 17.7 Å². The third-order valence-corrected chi connectivity index (χ3v) is 4.35. The lowest BCUT2D eigenvalue weighted by molar-refractivity contribution is 0.102. The van der Waals surface area contributed by atoms with E-state index in [2.05, 4.69) is 10.3 Å². The molecular weight excluding hydrogens is 414 g/mol. The van der Waals surface area contributed by atoms with Crippen molar-refractivity contribution in [1.82, 2.24) is 4.98 Å². The maximum atomic E-state index is 14.6. The molecule has 28 heavy (non-hydrogen) atoms. The Bertz CT molecular complexity index is 1150. The molecule has 3 rings (SSSR count). The van der Waals surface area contributed by atoms with Gasteiger partial charge >= 0.3 is 0 Å². The molecular formula is C19H8Cl2F3N3O. The predicted octanol–water partition coefficient (Wildman–Crippen LogP) is 5.60. The highest BCUT2D eigenvalue weighted by molar-refractivity contribution is 6.35. The topological polar surface area (TPSA) is 65.8 Å². The lowest BCUT2D eigenvalue weighted by Crippen LogP contribution is -2.13. The number of aromatic nitrogens is 1. The highest BCUT2D eigenvalue weighted by atomic mass is 35.5. The van der Waals surface area contributed by atoms with Gasteiger partial charge in [-0.05, 0) is 30.3 Å². The minimum Gasteiger partial charge on any atom is -0.320 e. The molecule has 3 aromatic rings. The number of carbonyl (C=O) groups excluding carboxylic acids is 1. The van der Waals surface area contributed by atoms with Gasteiger partial charge in [-0.25, -0.2) is 18.2 Å². The van der Waals surface area contributed by atoms with Crippen LogP contribution in [0.1, 0.15) is 16.1 Å². The summed E-state index contributed by atoms with van der Waals surface area (Å²) >= 11 is 12.0. The number of nitrogens with one attached hydrogen (secondary N) is 1. The molecule has 9 heteroatoms. The SMILES string of the molecule is N#Cc1ncc(NC(=O)c2cc(F)c(-c3ccc(F)cc3Cl)cc2Cl)cc1F. The first-order chi connectivity index (χ1) is 13.3. The van der Waals surface area contributed by atoms with Crippen molar-refractivity contribution < 1.29 is 18.0 Å². The van der Waals surface area contributed by atoms with Gasteiger partial charge in [-0.15, -0.1) is 0 Å². The Labute approximate surface area is 167 Å². The third-order valence-electron chi connectivity index (χ3n) is 3.73. The Morgan fingerprint density at radius 1 is 1.00 bits per heavy atom. The van der Waals surface area contributed by atoms with Crippen LogP contribution in [0.15, 0.2) is 42.6 Å². The number of hydrogen-bond acceptors (Lipinski definition) is 3. The average Bonchev–Trinajstić information content (AvgIpc) is 2.64. The molecule has 0 aliphatic carbocycles. The molecule has 1 aromatic heterocycles. The highest BCUT2D eigenvalue weighted by Gasteiger charge is 2.18. The van der Waals surface area contributed by atoms with Gasteiger partial charge in [-0.2, -0.15) is 5.26 Å². The fourth-order valence-electron chi connectivity index (χ4n) is 2.42. The lowest BCUT2D eigenvalue weighted by Gasteiger charge is -2.11. The second-order valence-corrected chi connectivity index (χ2v) is 6.37. The first kappa shape index (κ1) is 19.7. The van der Waals surface area contributed by atoms with Crippen molar-refractivity contribution in [2.75, 3.05) is 5.32 Å². The summed E-state index contributed by atoms with van der Waals surface area (Å²) in [5, 5.41) is 10.9. The molecule has 1 heterocycles. The number of rotatable bonds is 3. The van der Waals surface area contributed by atoms with Gasteiger partial charge in [0, 0.05) is 17.2 Å². The fraction of sp³-hybridized carbons (Fsp3) is 0. The number of carbonyl (C=O) groups is 1. The van der Waals surface area contributed by atoms with Crippen molar-refractivity contribution in [2.45, 2.75) is 0 Å². The Kier molecular flexibility index (Phi) is 5.54. The summed E-state index contributed by atoms with van der Waals surface area (Å²) < 4.78 is 41.3. The van der Waals surface area contributed by atoms with Crippen molar-refractivity contribution >= 4 is 34.8 Å². The van der Waals surface area contributed by atoms with Crippen molar-refractivity contribution in [3.8, 4) is 17.2 Å². The van der Waals surface area contributed by atoms with Gasteiger partial charge in [0.2, 0.25) is 0 Å². The number of benzene rings is 2. The molecule has 140 valence electrons. The zero-order chi connectivity index (χ0) is 20.4. The molecule has 2 aromatic carbocycles. The summed E-state index contributed by atoms with van der Waals surface area (Å²) in [6.07, 6.45) is 1.08. The lowest BCUT2D eigenvalue weighted by atomic mass is 10.0. The molecule has 4 nitrogen and oxygen atoms in total. The van der Waals surface area contributed by atoms with E-state index in [0.717, 1.165) is 30.5 Å². The second kappa shape index (κ2) is 7.89. The van der Waals surface area contributed by atoms with E-state index in [1.807, 2.05) is 0 Å². The van der Waals surface area contributed by atoms with E-state index in [1.54, 1.807) is 6.07 Å². The Hall–Kier alpha value is -3.08. The molecule has 0 fully saturated rings. The Morgan fingerprint density at radius 3 is 2.39 bits per heavy atom. The van der Waals surface area contributed by atoms with E-state index in [1.165, 1.54) is 12.1 Å². The smallest absolute Gasteiger partial charge is 0.257 e. The molecule has 0 saturated heterocycles. The Morgan fingerprint density at radius 2 is 1.75 bits per heavy atom. The van der Waals surface area contributed by atoms with E-state index in [-0.39, 0.29) is 32.4 Å². The van der Waals surface area contributed by atoms with Crippen LogP contribution in [0.2, 0.25) is 10.0 Å². The summed E-state index contributed by atoms with van der Waals surface area (Å²) in [6.45, 7) is 0. The molecule has 0 bridgehead atoms. The molecule has 0 unspecified atom stereocenters. The summed E-state index contributed by atoms with van der Waals surface area (Å²) in [4.78, 5) is 15.9. The van der Waals surface area contributed by atoms with Crippen molar-refractivity contribution in [3.63, 3.8) is 0 Å². The molecule has 0 atom stereocenters. The number of hydrogen-bond donors (Lipinski definition) is 1. The minimum absolute atomic E-state index is 0.0161. The van der Waals surface area contributed by atoms with Crippen LogP contribution in [0.25, 0.3) is 11.1 Å². The highest BCUT2D eigenvalue weighted by Crippen LogP contribution is 2.34. The first-order valence-electron chi connectivity index (χ1n) is 7.61. The number of pyridine rings is 1.